The minimum atomic E-state index is -0.0287. The van der Waals surface area contributed by atoms with Gasteiger partial charge in [-0.25, -0.2) is 0 Å². The summed E-state index contributed by atoms with van der Waals surface area (Å²) in [5.41, 5.74) is 3.46. The molecule has 3 rings (SSSR count). The molecule has 0 spiro atoms. The van der Waals surface area contributed by atoms with E-state index in [4.69, 9.17) is 0 Å². The lowest BCUT2D eigenvalue weighted by atomic mass is 9.92. The van der Waals surface area contributed by atoms with Gasteiger partial charge in [0.15, 0.2) is 0 Å². The van der Waals surface area contributed by atoms with Crippen LogP contribution in [0.3, 0.4) is 0 Å². The maximum Gasteiger partial charge on any atom is -0.0158 e. The molecular formula is C22H36P2. The molecular weight excluding hydrogens is 326 g/mol. The molecule has 0 aliphatic carbocycles. The molecule has 0 aromatic heterocycles. The molecule has 0 nitrogen and oxygen atoms in total. The number of benzene rings is 1. The Morgan fingerprint density at radius 2 is 0.750 bits per heavy atom. The van der Waals surface area contributed by atoms with Gasteiger partial charge in [0.05, 0.1) is 0 Å². The first-order valence-corrected chi connectivity index (χ1v) is 12.9. The van der Waals surface area contributed by atoms with Gasteiger partial charge in [0.25, 0.3) is 0 Å². The Morgan fingerprint density at radius 1 is 0.500 bits per heavy atom. The summed E-state index contributed by atoms with van der Waals surface area (Å²) in [5, 5.41) is 3.55. The summed E-state index contributed by atoms with van der Waals surface area (Å²) >= 11 is 0. The molecule has 8 atom stereocenters. The van der Waals surface area contributed by atoms with E-state index in [-0.39, 0.29) is 15.8 Å². The molecule has 2 fully saturated rings. The largest absolute Gasteiger partial charge is 0.0683 e. The normalized spacial score (nSPS) is 48.8. The fourth-order valence-electron chi connectivity index (χ4n) is 5.29. The quantitative estimate of drug-likeness (QED) is 0.564. The lowest BCUT2D eigenvalue weighted by Crippen LogP contribution is -2.29. The predicted octanol–water partition coefficient (Wildman–Crippen LogP) is 6.03. The van der Waals surface area contributed by atoms with Crippen LogP contribution in [0.4, 0.5) is 0 Å². The minimum absolute atomic E-state index is 0.0287. The zero-order valence-corrected chi connectivity index (χ0v) is 18.6. The Hall–Kier alpha value is 0.0800. The van der Waals surface area contributed by atoms with Crippen LogP contribution in [0.25, 0.3) is 0 Å². The first-order chi connectivity index (χ1) is 11.3. The molecule has 2 aliphatic rings. The second-order valence-corrected chi connectivity index (χ2v) is 14.6. The highest BCUT2D eigenvalue weighted by Gasteiger charge is 2.46. The van der Waals surface area contributed by atoms with Gasteiger partial charge in [0.1, 0.15) is 0 Å². The number of hydrogen-bond donors (Lipinski definition) is 0. The van der Waals surface area contributed by atoms with E-state index in [1.54, 1.807) is 10.6 Å². The predicted molar refractivity (Wildman–Crippen MR) is 114 cm³/mol. The topological polar surface area (TPSA) is 0 Å². The Labute approximate surface area is 152 Å². The van der Waals surface area contributed by atoms with Crippen LogP contribution in [0.15, 0.2) is 24.3 Å². The standard InChI is InChI=1S/C22H36P2/c1-13-14(2)18(6)23(17(13)5)21-11-9-10-12-22(21)24-19(7)15(3)16(4)20(24)8/h9-20H,1-8H3/t13-,14-,15-,16-,17-,18-,19-,20-/m0/s1. The summed E-state index contributed by atoms with van der Waals surface area (Å²) in [4.78, 5) is 0. The molecule has 1 aromatic carbocycles. The van der Waals surface area contributed by atoms with Gasteiger partial charge < -0.3 is 0 Å². The van der Waals surface area contributed by atoms with Gasteiger partial charge in [0, 0.05) is 0 Å². The average molecular weight is 362 g/mol. The average Bonchev–Trinajstić information content (AvgIpc) is 2.88. The van der Waals surface area contributed by atoms with E-state index in [1.165, 1.54) is 0 Å². The van der Waals surface area contributed by atoms with Crippen molar-refractivity contribution in [3.05, 3.63) is 24.3 Å². The zero-order valence-electron chi connectivity index (χ0n) is 16.8. The zero-order chi connectivity index (χ0) is 17.8. The van der Waals surface area contributed by atoms with E-state index in [1.807, 2.05) is 0 Å². The van der Waals surface area contributed by atoms with E-state index in [9.17, 15) is 0 Å². The maximum atomic E-state index is 2.53. The number of hydrogen-bond acceptors (Lipinski definition) is 0. The second-order valence-electron chi connectivity index (χ2n) is 8.70. The number of rotatable bonds is 2. The van der Waals surface area contributed by atoms with Gasteiger partial charge >= 0.3 is 0 Å². The third-order valence-corrected chi connectivity index (χ3v) is 15.4. The van der Waals surface area contributed by atoms with Gasteiger partial charge in [-0.1, -0.05) is 95.5 Å². The Balaban J connectivity index is 2.04. The van der Waals surface area contributed by atoms with Crippen molar-refractivity contribution in [1.82, 2.24) is 0 Å². The molecule has 0 unspecified atom stereocenters. The molecule has 2 heteroatoms. The Bertz CT molecular complexity index is 504. The van der Waals surface area contributed by atoms with Crippen LogP contribution in [0.1, 0.15) is 55.4 Å². The fourth-order valence-corrected chi connectivity index (χ4v) is 13.5. The fraction of sp³-hybridized carbons (Fsp3) is 0.727. The van der Waals surface area contributed by atoms with Crippen LogP contribution in [0.2, 0.25) is 0 Å². The van der Waals surface area contributed by atoms with E-state index >= 15 is 0 Å². The molecule has 0 bridgehead atoms. The lowest BCUT2D eigenvalue weighted by molar-refractivity contribution is 0.413. The van der Waals surface area contributed by atoms with Gasteiger partial charge in [-0.15, -0.1) is 0 Å². The molecule has 1 aromatic rings. The maximum absolute atomic E-state index is 2.53. The molecule has 2 saturated heterocycles. The van der Waals surface area contributed by atoms with Crippen molar-refractivity contribution in [2.75, 3.05) is 0 Å². The van der Waals surface area contributed by atoms with Crippen molar-refractivity contribution < 1.29 is 0 Å². The summed E-state index contributed by atoms with van der Waals surface area (Å²) in [6.07, 6.45) is 0. The highest BCUT2D eigenvalue weighted by molar-refractivity contribution is 7.73. The van der Waals surface area contributed by atoms with E-state index in [0.717, 1.165) is 46.3 Å². The van der Waals surface area contributed by atoms with Gasteiger partial charge in [-0.05, 0) is 56.9 Å². The SMILES string of the molecule is C[C@H]1[C@H](C)[C@H](C)P(c2ccccc2P2[C@@H](C)[C@@H](C)[C@H](C)[C@@H]2C)[C@H]1C. The Kier molecular flexibility index (Phi) is 5.50. The molecule has 0 amide bonds. The van der Waals surface area contributed by atoms with Crippen molar-refractivity contribution in [3.8, 4) is 0 Å². The van der Waals surface area contributed by atoms with Crippen molar-refractivity contribution in [2.24, 2.45) is 23.7 Å². The highest BCUT2D eigenvalue weighted by Crippen LogP contribution is 2.63. The summed E-state index contributed by atoms with van der Waals surface area (Å²) < 4.78 is 0. The van der Waals surface area contributed by atoms with Crippen molar-refractivity contribution in [1.29, 1.82) is 0 Å². The molecule has 0 radical (unpaired) electrons. The molecule has 0 N–H and O–H groups in total. The summed E-state index contributed by atoms with van der Waals surface area (Å²) in [7, 11) is -0.0574. The van der Waals surface area contributed by atoms with Gasteiger partial charge in [-0.2, -0.15) is 0 Å². The van der Waals surface area contributed by atoms with Crippen LogP contribution in [-0.4, -0.2) is 22.6 Å². The van der Waals surface area contributed by atoms with E-state index in [2.05, 4.69) is 79.7 Å². The molecule has 2 heterocycles. The highest BCUT2D eigenvalue weighted by atomic mass is 31.1. The van der Waals surface area contributed by atoms with Crippen LogP contribution in [0.5, 0.6) is 0 Å². The molecule has 134 valence electrons. The van der Waals surface area contributed by atoms with Gasteiger partial charge in [-0.3, -0.25) is 0 Å². The second kappa shape index (κ2) is 7.00. The lowest BCUT2D eigenvalue weighted by Gasteiger charge is -2.31. The first kappa shape index (κ1) is 18.9. The molecule has 24 heavy (non-hydrogen) atoms. The van der Waals surface area contributed by atoms with E-state index < -0.39 is 0 Å². The third-order valence-electron chi connectivity index (χ3n) is 7.90. The summed E-state index contributed by atoms with van der Waals surface area (Å²) in [6.45, 7) is 20.1. The van der Waals surface area contributed by atoms with Crippen LogP contribution < -0.4 is 10.6 Å². The van der Waals surface area contributed by atoms with Crippen LogP contribution in [-0.2, 0) is 0 Å². The first-order valence-electron chi connectivity index (χ1n) is 9.93. The smallest absolute Gasteiger partial charge is 0.0158 e. The van der Waals surface area contributed by atoms with Crippen molar-refractivity contribution in [3.63, 3.8) is 0 Å². The summed E-state index contributed by atoms with van der Waals surface area (Å²) in [6, 6.07) is 9.63. The summed E-state index contributed by atoms with van der Waals surface area (Å²) in [5.74, 6) is 3.46. The minimum Gasteiger partial charge on any atom is -0.0683 e. The third kappa shape index (κ3) is 2.81. The van der Waals surface area contributed by atoms with Crippen LogP contribution >= 0.6 is 15.8 Å². The van der Waals surface area contributed by atoms with Crippen molar-refractivity contribution in [2.45, 2.75) is 78.0 Å². The van der Waals surface area contributed by atoms with E-state index in [0.29, 0.717) is 0 Å². The molecule has 2 aliphatic heterocycles. The Morgan fingerprint density at radius 3 is 1.00 bits per heavy atom. The monoisotopic (exact) mass is 362 g/mol. The molecule has 0 saturated carbocycles. The van der Waals surface area contributed by atoms with Gasteiger partial charge in [0.2, 0.25) is 0 Å². The van der Waals surface area contributed by atoms with Crippen LogP contribution in [0, 0.1) is 23.7 Å². The van der Waals surface area contributed by atoms with Crippen molar-refractivity contribution >= 4 is 26.5 Å².